The van der Waals surface area contributed by atoms with Crippen LogP contribution in [0, 0.1) is 23.4 Å². The molecule has 51 heavy (non-hydrogen) atoms. The number of ether oxygens (including phenoxy) is 1. The summed E-state index contributed by atoms with van der Waals surface area (Å²) < 4.78 is 185. The quantitative estimate of drug-likeness (QED) is 0.201. The van der Waals surface area contributed by atoms with Gasteiger partial charge >= 0.3 is 12.4 Å². The van der Waals surface area contributed by atoms with Crippen LogP contribution in [0.4, 0.5) is 39.5 Å². The summed E-state index contributed by atoms with van der Waals surface area (Å²) in [5, 5.41) is 0. The molecule has 2 unspecified atom stereocenters. The van der Waals surface area contributed by atoms with Gasteiger partial charge in [-0.15, -0.1) is 0 Å². The molecule has 0 aromatic heterocycles. The van der Waals surface area contributed by atoms with Gasteiger partial charge in [-0.05, 0) is 54.8 Å². The lowest BCUT2D eigenvalue weighted by Crippen LogP contribution is -2.56. The molecule has 5 rings (SSSR count). The third kappa shape index (κ3) is 6.84. The summed E-state index contributed by atoms with van der Waals surface area (Å²) in [5.74, 6) is -5.20. The SMILES string of the molecule is CS(=O)(=O)N1CCC(C(=O)N2CCC(c3ccc(C(OCc4c(F)cccc4F)(C(F)(F)F)C(F)(F)F)cc3)(S(=O)(=O)c3ccc(F)cc3)C2)C1. The summed E-state index contributed by atoms with van der Waals surface area (Å²) in [5.41, 5.74) is -8.25. The van der Waals surface area contributed by atoms with Crippen LogP contribution in [0.3, 0.4) is 0 Å². The molecule has 0 aliphatic carbocycles. The minimum atomic E-state index is -6.26. The van der Waals surface area contributed by atoms with E-state index < -0.39 is 107 Å². The molecule has 2 saturated heterocycles. The highest BCUT2D eigenvalue weighted by molar-refractivity contribution is 7.92. The molecular weight excluding hydrogens is 743 g/mol. The average molecular weight is 773 g/mol. The Labute approximate surface area is 286 Å². The molecule has 2 aliphatic rings. The van der Waals surface area contributed by atoms with Crippen LogP contribution in [0.2, 0.25) is 0 Å². The Hall–Kier alpha value is -3.68. The van der Waals surface area contributed by atoms with Gasteiger partial charge in [0.05, 0.1) is 23.7 Å². The number of nitrogens with zero attached hydrogens (tertiary/aromatic N) is 2. The van der Waals surface area contributed by atoms with E-state index >= 15 is 0 Å². The van der Waals surface area contributed by atoms with Crippen LogP contribution in [-0.4, -0.2) is 76.7 Å². The van der Waals surface area contributed by atoms with Gasteiger partial charge in [0.15, 0.2) is 9.84 Å². The number of hydrogen-bond acceptors (Lipinski definition) is 6. The lowest BCUT2D eigenvalue weighted by Gasteiger charge is -2.38. The molecule has 8 nitrogen and oxygen atoms in total. The summed E-state index contributed by atoms with van der Waals surface area (Å²) >= 11 is 0. The fraction of sp³-hybridized carbons (Fsp3) is 0.406. The number of benzene rings is 3. The first kappa shape index (κ1) is 38.5. The first-order valence-electron chi connectivity index (χ1n) is 15.1. The highest BCUT2D eigenvalue weighted by atomic mass is 32.2. The first-order chi connectivity index (χ1) is 23.5. The van der Waals surface area contributed by atoms with Crippen LogP contribution >= 0.6 is 0 Å². The zero-order chi connectivity index (χ0) is 37.8. The zero-order valence-corrected chi connectivity index (χ0v) is 28.1. The number of amides is 1. The standard InChI is InChI=1S/C32H29F9N2O6S2/c1-50(45,46)43-15-13-20(17-43)28(44)42-16-14-29(19-42,51(47,48)24-11-9-23(33)10-12-24)21-5-7-22(8-6-21)30(31(36,37)38,32(39,40)41)49-18-25-26(34)3-2-4-27(25)35/h2-12,20H,13-19H2,1H3. The molecule has 19 heteroatoms. The van der Waals surface area contributed by atoms with E-state index in [9.17, 15) is 61.1 Å². The van der Waals surface area contributed by atoms with Gasteiger partial charge in [0.1, 0.15) is 22.2 Å². The molecule has 1 amide bonds. The van der Waals surface area contributed by atoms with E-state index in [1.165, 1.54) is 0 Å². The topological polar surface area (TPSA) is 101 Å². The number of alkyl halides is 6. The number of likely N-dealkylation sites (tertiary alicyclic amines) is 1. The van der Waals surface area contributed by atoms with Crippen molar-refractivity contribution in [3.8, 4) is 0 Å². The minimum absolute atomic E-state index is 0.0232. The first-order valence-corrected chi connectivity index (χ1v) is 18.4. The van der Waals surface area contributed by atoms with E-state index in [2.05, 4.69) is 4.74 Å². The summed E-state index contributed by atoms with van der Waals surface area (Å²) in [6.07, 6.45) is -11.8. The van der Waals surface area contributed by atoms with Crippen molar-refractivity contribution in [1.29, 1.82) is 0 Å². The van der Waals surface area contributed by atoms with Gasteiger partial charge in [0.25, 0.3) is 5.60 Å². The van der Waals surface area contributed by atoms with Gasteiger partial charge in [0, 0.05) is 37.3 Å². The molecule has 0 saturated carbocycles. The van der Waals surface area contributed by atoms with Crippen LogP contribution < -0.4 is 0 Å². The van der Waals surface area contributed by atoms with Crippen LogP contribution in [0.25, 0.3) is 0 Å². The van der Waals surface area contributed by atoms with Crippen molar-refractivity contribution >= 4 is 25.8 Å². The smallest absolute Gasteiger partial charge is 0.349 e. The van der Waals surface area contributed by atoms with Crippen molar-refractivity contribution in [2.24, 2.45) is 5.92 Å². The third-order valence-corrected chi connectivity index (χ3v) is 13.0. The summed E-state index contributed by atoms with van der Waals surface area (Å²) in [6, 6.07) is 7.64. The van der Waals surface area contributed by atoms with E-state index in [-0.39, 0.29) is 31.6 Å². The summed E-state index contributed by atoms with van der Waals surface area (Å²) in [4.78, 5) is 14.2. The van der Waals surface area contributed by atoms with Crippen LogP contribution in [0.15, 0.2) is 71.6 Å². The summed E-state index contributed by atoms with van der Waals surface area (Å²) in [7, 11) is -8.34. The number of sulfonamides is 1. The van der Waals surface area contributed by atoms with Gasteiger partial charge in [0.2, 0.25) is 15.9 Å². The Morgan fingerprint density at radius 3 is 1.92 bits per heavy atom. The predicted octanol–water partition coefficient (Wildman–Crippen LogP) is 5.82. The van der Waals surface area contributed by atoms with Crippen LogP contribution in [0.1, 0.15) is 29.5 Å². The molecule has 2 heterocycles. The van der Waals surface area contributed by atoms with E-state index in [1.807, 2.05) is 0 Å². The van der Waals surface area contributed by atoms with Crippen molar-refractivity contribution < 1.29 is 65.9 Å². The monoisotopic (exact) mass is 772 g/mol. The largest absolute Gasteiger partial charge is 0.430 e. The lowest BCUT2D eigenvalue weighted by molar-refractivity contribution is -0.392. The Balaban J connectivity index is 1.58. The molecule has 2 aliphatic heterocycles. The van der Waals surface area contributed by atoms with Crippen molar-refractivity contribution in [2.45, 2.75) is 47.0 Å². The van der Waals surface area contributed by atoms with Crippen molar-refractivity contribution in [2.75, 3.05) is 32.4 Å². The van der Waals surface area contributed by atoms with E-state index in [1.54, 1.807) is 0 Å². The van der Waals surface area contributed by atoms with Gasteiger partial charge in [-0.2, -0.15) is 26.3 Å². The number of halogens is 9. The molecule has 278 valence electrons. The number of rotatable bonds is 9. The van der Waals surface area contributed by atoms with Gasteiger partial charge in [-0.3, -0.25) is 4.79 Å². The highest BCUT2D eigenvalue weighted by Crippen LogP contribution is 2.54. The molecule has 0 N–H and O–H groups in total. The second-order valence-corrected chi connectivity index (χ2v) is 16.6. The Bertz CT molecular complexity index is 1970. The Morgan fingerprint density at radius 2 is 1.41 bits per heavy atom. The number of sulfone groups is 1. The van der Waals surface area contributed by atoms with Gasteiger partial charge in [-0.25, -0.2) is 34.3 Å². The van der Waals surface area contributed by atoms with Crippen molar-refractivity contribution in [1.82, 2.24) is 9.21 Å². The highest BCUT2D eigenvalue weighted by Gasteiger charge is 2.73. The fourth-order valence-corrected chi connectivity index (χ4v) is 9.47. The molecular formula is C32H29F9N2O6S2. The normalized spacial score (nSPS) is 21.0. The van der Waals surface area contributed by atoms with Crippen LogP contribution in [0.5, 0.6) is 0 Å². The molecule has 0 radical (unpaired) electrons. The molecule has 0 bridgehead atoms. The van der Waals surface area contributed by atoms with E-state index in [0.717, 1.165) is 45.8 Å². The molecule has 3 aromatic rings. The number of carbonyl (C=O) groups excluding carboxylic acids is 1. The van der Waals surface area contributed by atoms with Crippen LogP contribution in [-0.2, 0) is 46.3 Å². The van der Waals surface area contributed by atoms with Gasteiger partial charge in [-0.1, -0.05) is 30.3 Å². The summed E-state index contributed by atoms with van der Waals surface area (Å²) in [6.45, 7) is -2.84. The molecule has 3 aromatic carbocycles. The van der Waals surface area contributed by atoms with Crippen molar-refractivity contribution in [3.05, 3.63) is 101 Å². The number of carbonyl (C=O) groups is 1. The maximum absolute atomic E-state index is 14.5. The molecule has 0 spiro atoms. The predicted molar refractivity (Wildman–Crippen MR) is 162 cm³/mol. The second-order valence-electron chi connectivity index (χ2n) is 12.3. The average Bonchev–Trinajstić information content (AvgIpc) is 3.71. The second kappa shape index (κ2) is 13.4. The third-order valence-electron chi connectivity index (χ3n) is 9.26. The van der Waals surface area contributed by atoms with Gasteiger partial charge < -0.3 is 9.64 Å². The minimum Gasteiger partial charge on any atom is -0.349 e. The molecule has 2 fully saturated rings. The number of hydrogen-bond donors (Lipinski definition) is 0. The molecule has 2 atom stereocenters. The fourth-order valence-electron chi connectivity index (χ4n) is 6.50. The van der Waals surface area contributed by atoms with E-state index in [4.69, 9.17) is 0 Å². The van der Waals surface area contributed by atoms with Crippen molar-refractivity contribution in [3.63, 3.8) is 0 Å². The zero-order valence-electron chi connectivity index (χ0n) is 26.4. The Kier molecular flexibility index (Phi) is 10.1. The van der Waals surface area contributed by atoms with E-state index in [0.29, 0.717) is 36.4 Å². The maximum atomic E-state index is 14.5. The maximum Gasteiger partial charge on any atom is 0.430 e. The Morgan fingerprint density at radius 1 is 0.843 bits per heavy atom. The lowest BCUT2D eigenvalue weighted by atomic mass is 9.88.